The van der Waals surface area contributed by atoms with E-state index < -0.39 is 0 Å². The van der Waals surface area contributed by atoms with Crippen LogP contribution in [0.4, 0.5) is 0 Å². The number of carbonyl (C=O) groups is 1. The maximum Gasteiger partial charge on any atom is 0.203 e. The molecule has 0 heterocycles. The van der Waals surface area contributed by atoms with Crippen LogP contribution >= 0.6 is 0 Å². The van der Waals surface area contributed by atoms with Gasteiger partial charge in [0.1, 0.15) is 18.2 Å². The van der Waals surface area contributed by atoms with E-state index in [4.69, 9.17) is 9.47 Å². The Kier molecular flexibility index (Phi) is 6.80. The van der Waals surface area contributed by atoms with Gasteiger partial charge in [0.15, 0.2) is 11.5 Å². The van der Waals surface area contributed by atoms with E-state index in [1.165, 1.54) is 0 Å². The lowest BCUT2D eigenvalue weighted by Crippen LogP contribution is -2.02. The van der Waals surface area contributed by atoms with Crippen molar-refractivity contribution in [2.45, 2.75) is 13.5 Å². The van der Waals surface area contributed by atoms with Crippen molar-refractivity contribution < 1.29 is 14.3 Å². The molecule has 3 aromatic carbocycles. The number of allylic oxidation sites excluding steroid dienone is 1. The van der Waals surface area contributed by atoms with Crippen LogP contribution in [0.2, 0.25) is 0 Å². The lowest BCUT2D eigenvalue weighted by molar-refractivity contribution is 0.104. The van der Waals surface area contributed by atoms with Gasteiger partial charge in [-0.05, 0) is 36.3 Å². The molecular formula is C25H21NO3. The number of hydrogen-bond donors (Lipinski definition) is 0. The second-order valence-electron chi connectivity index (χ2n) is 6.28. The molecule has 0 N–H and O–H groups in total. The van der Waals surface area contributed by atoms with Crippen LogP contribution in [-0.2, 0) is 6.61 Å². The maximum atomic E-state index is 12.6. The van der Waals surface area contributed by atoms with Gasteiger partial charge in [-0.3, -0.25) is 4.79 Å². The molecule has 0 aliphatic carbocycles. The van der Waals surface area contributed by atoms with Gasteiger partial charge in [0, 0.05) is 5.56 Å². The predicted octanol–water partition coefficient (Wildman–Crippen LogP) is 5.45. The van der Waals surface area contributed by atoms with E-state index in [0.29, 0.717) is 35.8 Å². The Morgan fingerprint density at radius 2 is 1.62 bits per heavy atom. The van der Waals surface area contributed by atoms with Gasteiger partial charge in [0.25, 0.3) is 0 Å². The molecule has 0 aromatic heterocycles. The average Bonchev–Trinajstić information content (AvgIpc) is 2.78. The molecule has 0 spiro atoms. The molecule has 0 amide bonds. The van der Waals surface area contributed by atoms with E-state index in [1.807, 2.05) is 49.4 Å². The van der Waals surface area contributed by atoms with Gasteiger partial charge < -0.3 is 9.47 Å². The quantitative estimate of drug-likeness (QED) is 0.295. The second kappa shape index (κ2) is 9.91. The zero-order valence-corrected chi connectivity index (χ0v) is 16.2. The highest BCUT2D eigenvalue weighted by Crippen LogP contribution is 2.30. The van der Waals surface area contributed by atoms with Gasteiger partial charge in [-0.1, -0.05) is 66.7 Å². The summed E-state index contributed by atoms with van der Waals surface area (Å²) in [6.07, 6.45) is 1.57. The van der Waals surface area contributed by atoms with Crippen molar-refractivity contribution in [2.24, 2.45) is 0 Å². The van der Waals surface area contributed by atoms with Gasteiger partial charge >= 0.3 is 0 Å². The van der Waals surface area contributed by atoms with Crippen molar-refractivity contribution in [2.75, 3.05) is 6.61 Å². The minimum atomic E-state index is -0.310. The molecule has 0 aliphatic rings. The maximum absolute atomic E-state index is 12.6. The molecule has 0 aliphatic heterocycles. The second-order valence-corrected chi connectivity index (χ2v) is 6.28. The summed E-state index contributed by atoms with van der Waals surface area (Å²) in [6, 6.07) is 26.0. The summed E-state index contributed by atoms with van der Waals surface area (Å²) in [5.41, 5.74) is 2.30. The Morgan fingerprint density at radius 3 is 2.28 bits per heavy atom. The third kappa shape index (κ3) is 5.33. The van der Waals surface area contributed by atoms with Crippen LogP contribution in [0.15, 0.2) is 84.4 Å². The van der Waals surface area contributed by atoms with Crippen LogP contribution in [0.3, 0.4) is 0 Å². The third-order valence-electron chi connectivity index (χ3n) is 4.22. The van der Waals surface area contributed by atoms with Crippen molar-refractivity contribution in [3.8, 4) is 17.6 Å². The summed E-state index contributed by atoms with van der Waals surface area (Å²) in [7, 11) is 0. The van der Waals surface area contributed by atoms with E-state index >= 15 is 0 Å². The van der Waals surface area contributed by atoms with Gasteiger partial charge in [-0.2, -0.15) is 5.26 Å². The lowest BCUT2D eigenvalue weighted by Gasteiger charge is -2.13. The van der Waals surface area contributed by atoms with E-state index in [1.54, 1.807) is 48.5 Å². The summed E-state index contributed by atoms with van der Waals surface area (Å²) in [4.78, 5) is 12.6. The minimum absolute atomic E-state index is 0.0663. The zero-order valence-electron chi connectivity index (χ0n) is 16.2. The number of hydrogen-bond acceptors (Lipinski definition) is 4. The summed E-state index contributed by atoms with van der Waals surface area (Å²) >= 11 is 0. The number of carbonyl (C=O) groups excluding carboxylic acids is 1. The van der Waals surface area contributed by atoms with Gasteiger partial charge in [-0.15, -0.1) is 0 Å². The van der Waals surface area contributed by atoms with Crippen LogP contribution < -0.4 is 9.47 Å². The molecule has 29 heavy (non-hydrogen) atoms. The fourth-order valence-corrected chi connectivity index (χ4v) is 2.80. The minimum Gasteiger partial charge on any atom is -0.490 e. The van der Waals surface area contributed by atoms with Crippen LogP contribution in [0.1, 0.15) is 28.4 Å². The summed E-state index contributed by atoms with van der Waals surface area (Å²) < 4.78 is 11.6. The fraction of sp³-hybridized carbons (Fsp3) is 0.120. The number of benzene rings is 3. The zero-order chi connectivity index (χ0) is 20.5. The van der Waals surface area contributed by atoms with Gasteiger partial charge in [-0.25, -0.2) is 0 Å². The number of Topliss-reactive ketones (excluding diaryl/α,β-unsaturated/α-hetero) is 1. The first kappa shape index (κ1) is 19.9. The first-order chi connectivity index (χ1) is 14.2. The highest BCUT2D eigenvalue weighted by atomic mass is 16.5. The topological polar surface area (TPSA) is 59.3 Å². The number of nitrogens with zero attached hydrogens (tertiary/aromatic N) is 1. The Labute approximate surface area is 170 Å². The predicted molar refractivity (Wildman–Crippen MR) is 113 cm³/mol. The standard InChI is InChI=1S/C25H21NO3/c1-2-28-24-16-20(13-14-23(24)29-18-19-9-5-3-6-10-19)15-22(17-26)25(27)21-11-7-4-8-12-21/h3-16H,2,18H2,1H3. The molecule has 0 unspecified atom stereocenters. The molecule has 0 saturated heterocycles. The number of ketones is 1. The Hall–Kier alpha value is -3.84. The van der Waals surface area contributed by atoms with Gasteiger partial charge in [0.05, 0.1) is 6.61 Å². The van der Waals surface area contributed by atoms with E-state index in [9.17, 15) is 10.1 Å². The Bertz CT molecular complexity index is 1030. The summed E-state index contributed by atoms with van der Waals surface area (Å²) in [5, 5.41) is 9.46. The summed E-state index contributed by atoms with van der Waals surface area (Å²) in [5.74, 6) is 0.873. The number of nitriles is 1. The largest absolute Gasteiger partial charge is 0.490 e. The smallest absolute Gasteiger partial charge is 0.203 e. The molecule has 0 radical (unpaired) electrons. The van der Waals surface area contributed by atoms with Crippen LogP contribution in [-0.4, -0.2) is 12.4 Å². The molecule has 144 valence electrons. The monoisotopic (exact) mass is 383 g/mol. The normalized spacial score (nSPS) is 10.8. The molecular weight excluding hydrogens is 362 g/mol. The Morgan fingerprint density at radius 1 is 0.931 bits per heavy atom. The molecule has 0 fully saturated rings. The van der Waals surface area contributed by atoms with Crippen molar-refractivity contribution in [1.29, 1.82) is 5.26 Å². The molecule has 0 saturated carbocycles. The number of rotatable bonds is 8. The fourth-order valence-electron chi connectivity index (χ4n) is 2.80. The summed E-state index contributed by atoms with van der Waals surface area (Å²) in [6.45, 7) is 2.79. The molecule has 0 bridgehead atoms. The molecule has 0 atom stereocenters. The van der Waals surface area contributed by atoms with Crippen LogP contribution in [0.5, 0.6) is 11.5 Å². The molecule has 4 nitrogen and oxygen atoms in total. The first-order valence-corrected chi connectivity index (χ1v) is 9.36. The van der Waals surface area contributed by atoms with Crippen LogP contribution in [0, 0.1) is 11.3 Å². The highest BCUT2D eigenvalue weighted by Gasteiger charge is 2.13. The number of ether oxygens (including phenoxy) is 2. The van der Waals surface area contributed by atoms with Crippen molar-refractivity contribution in [1.82, 2.24) is 0 Å². The van der Waals surface area contributed by atoms with Crippen molar-refractivity contribution in [3.05, 3.63) is 101 Å². The van der Waals surface area contributed by atoms with E-state index in [-0.39, 0.29) is 11.4 Å². The molecule has 3 aromatic rings. The molecule has 3 rings (SSSR count). The highest BCUT2D eigenvalue weighted by molar-refractivity contribution is 6.14. The molecule has 4 heteroatoms. The SMILES string of the molecule is CCOc1cc(C=C(C#N)C(=O)c2ccccc2)ccc1OCc1ccccc1. The van der Waals surface area contributed by atoms with Crippen molar-refractivity contribution in [3.63, 3.8) is 0 Å². The van der Waals surface area contributed by atoms with Gasteiger partial charge in [0.2, 0.25) is 5.78 Å². The first-order valence-electron chi connectivity index (χ1n) is 9.36. The van der Waals surface area contributed by atoms with E-state index in [0.717, 1.165) is 5.56 Å². The average molecular weight is 383 g/mol. The van der Waals surface area contributed by atoms with E-state index in [2.05, 4.69) is 0 Å². The lowest BCUT2D eigenvalue weighted by atomic mass is 10.0. The third-order valence-corrected chi connectivity index (χ3v) is 4.22. The van der Waals surface area contributed by atoms with Crippen LogP contribution in [0.25, 0.3) is 6.08 Å². The Balaban J connectivity index is 1.84. The van der Waals surface area contributed by atoms with Crippen molar-refractivity contribution >= 4 is 11.9 Å².